The number of nitrogens with two attached hydrogens (primary N) is 1. The first-order valence-electron chi connectivity index (χ1n) is 7.73. The van der Waals surface area contributed by atoms with Gasteiger partial charge in [0.05, 0.1) is 5.54 Å². The van der Waals surface area contributed by atoms with Crippen LogP contribution in [0.15, 0.2) is 0 Å². The van der Waals surface area contributed by atoms with Crippen molar-refractivity contribution in [1.29, 1.82) is 0 Å². The van der Waals surface area contributed by atoms with Crippen molar-refractivity contribution in [3.63, 3.8) is 0 Å². The summed E-state index contributed by atoms with van der Waals surface area (Å²) in [6.07, 6.45) is 2.71. The second-order valence-electron chi connectivity index (χ2n) is 5.43. The van der Waals surface area contributed by atoms with Crippen molar-refractivity contribution in [3.8, 4) is 0 Å². The summed E-state index contributed by atoms with van der Waals surface area (Å²) >= 11 is 0. The molecule has 114 valence electrons. The van der Waals surface area contributed by atoms with Gasteiger partial charge in [0, 0.05) is 13.1 Å². The summed E-state index contributed by atoms with van der Waals surface area (Å²) in [4.78, 5) is 16.7. The number of likely N-dealkylation sites (N-methyl/N-ethyl adjacent to an activating group) is 1. The van der Waals surface area contributed by atoms with Gasteiger partial charge in [-0.2, -0.15) is 0 Å². The lowest BCUT2D eigenvalue weighted by Crippen LogP contribution is -2.53. The Bertz CT molecular complexity index is 250. The Hall–Kier alpha value is -0.610. The topological polar surface area (TPSA) is 49.6 Å². The fourth-order valence-electron chi connectivity index (χ4n) is 2.42. The zero-order chi connectivity index (χ0) is 14.9. The average molecular weight is 271 g/mol. The Labute approximate surface area is 119 Å². The minimum atomic E-state index is -0.708. The molecule has 0 heterocycles. The smallest absolute Gasteiger partial charge is 0.242 e. The van der Waals surface area contributed by atoms with Gasteiger partial charge in [-0.3, -0.25) is 4.79 Å². The number of hydrogen-bond donors (Lipinski definition) is 1. The molecule has 0 aromatic rings. The number of rotatable bonds is 10. The van der Waals surface area contributed by atoms with Crippen LogP contribution in [0.25, 0.3) is 0 Å². The van der Waals surface area contributed by atoms with E-state index in [9.17, 15) is 4.79 Å². The summed E-state index contributed by atoms with van der Waals surface area (Å²) in [5.74, 6) is 0.0939. The summed E-state index contributed by atoms with van der Waals surface area (Å²) in [6.45, 7) is 15.0. The van der Waals surface area contributed by atoms with Crippen LogP contribution in [0.5, 0.6) is 0 Å². The van der Waals surface area contributed by atoms with Crippen LogP contribution in [0.2, 0.25) is 0 Å². The zero-order valence-corrected chi connectivity index (χ0v) is 13.5. The number of hydrogen-bond acceptors (Lipinski definition) is 3. The molecular weight excluding hydrogens is 238 g/mol. The third kappa shape index (κ3) is 6.39. The molecule has 0 saturated heterocycles. The molecule has 0 saturated carbocycles. The number of carbonyl (C=O) groups excluding carboxylic acids is 1. The molecule has 1 unspecified atom stereocenters. The van der Waals surface area contributed by atoms with Gasteiger partial charge in [-0.1, -0.05) is 27.2 Å². The summed E-state index contributed by atoms with van der Waals surface area (Å²) in [7, 11) is 0. The van der Waals surface area contributed by atoms with Crippen LogP contribution in [0.3, 0.4) is 0 Å². The van der Waals surface area contributed by atoms with E-state index in [1.165, 1.54) is 0 Å². The van der Waals surface area contributed by atoms with Crippen LogP contribution in [0.1, 0.15) is 53.9 Å². The van der Waals surface area contributed by atoms with E-state index < -0.39 is 5.54 Å². The zero-order valence-electron chi connectivity index (χ0n) is 13.5. The molecule has 0 aliphatic carbocycles. The SMILES string of the molecule is CCCC(C)(N)C(=O)N(CC)CCCN(CC)CC. The van der Waals surface area contributed by atoms with Gasteiger partial charge in [0.15, 0.2) is 0 Å². The van der Waals surface area contributed by atoms with E-state index in [1.54, 1.807) is 0 Å². The maximum atomic E-state index is 12.4. The van der Waals surface area contributed by atoms with Crippen LogP contribution in [0, 0.1) is 0 Å². The molecule has 0 aliphatic rings. The molecule has 0 aromatic carbocycles. The van der Waals surface area contributed by atoms with Crippen LogP contribution >= 0.6 is 0 Å². The third-order valence-electron chi connectivity index (χ3n) is 3.72. The standard InChI is InChI=1S/C15H33N3O/c1-6-11-15(5,16)14(19)18(9-4)13-10-12-17(7-2)8-3/h6-13,16H2,1-5H3. The van der Waals surface area contributed by atoms with Gasteiger partial charge in [-0.25, -0.2) is 0 Å². The van der Waals surface area contributed by atoms with Crippen molar-refractivity contribution in [1.82, 2.24) is 9.80 Å². The molecule has 4 nitrogen and oxygen atoms in total. The van der Waals surface area contributed by atoms with Crippen molar-refractivity contribution >= 4 is 5.91 Å². The van der Waals surface area contributed by atoms with E-state index in [0.29, 0.717) is 0 Å². The Morgan fingerprint density at radius 2 is 1.63 bits per heavy atom. The van der Waals surface area contributed by atoms with Gasteiger partial charge in [0.25, 0.3) is 0 Å². The van der Waals surface area contributed by atoms with Crippen molar-refractivity contribution in [2.24, 2.45) is 5.73 Å². The molecule has 19 heavy (non-hydrogen) atoms. The van der Waals surface area contributed by atoms with E-state index in [4.69, 9.17) is 5.73 Å². The first-order chi connectivity index (χ1) is 8.92. The monoisotopic (exact) mass is 271 g/mol. The lowest BCUT2D eigenvalue weighted by molar-refractivity contribution is -0.136. The predicted octanol–water partition coefficient (Wildman–Crippen LogP) is 2.08. The Morgan fingerprint density at radius 1 is 1.05 bits per heavy atom. The molecule has 2 N–H and O–H groups in total. The van der Waals surface area contributed by atoms with Crippen LogP contribution < -0.4 is 5.73 Å². The summed E-state index contributed by atoms with van der Waals surface area (Å²) in [6, 6.07) is 0. The highest BCUT2D eigenvalue weighted by atomic mass is 16.2. The van der Waals surface area contributed by atoms with Crippen LogP contribution in [-0.2, 0) is 4.79 Å². The Morgan fingerprint density at radius 3 is 2.05 bits per heavy atom. The number of carbonyl (C=O) groups is 1. The molecule has 0 radical (unpaired) electrons. The van der Waals surface area contributed by atoms with Gasteiger partial charge < -0.3 is 15.5 Å². The maximum absolute atomic E-state index is 12.4. The third-order valence-corrected chi connectivity index (χ3v) is 3.72. The molecule has 0 fully saturated rings. The first-order valence-corrected chi connectivity index (χ1v) is 7.73. The van der Waals surface area contributed by atoms with E-state index in [0.717, 1.165) is 52.0 Å². The van der Waals surface area contributed by atoms with Gasteiger partial charge in [0.1, 0.15) is 0 Å². The Kier molecular flexibility index (Phi) is 9.02. The minimum Gasteiger partial charge on any atom is -0.341 e. The van der Waals surface area contributed by atoms with E-state index >= 15 is 0 Å². The first kappa shape index (κ1) is 18.4. The minimum absolute atomic E-state index is 0.0939. The van der Waals surface area contributed by atoms with Crippen molar-refractivity contribution in [3.05, 3.63) is 0 Å². The average Bonchev–Trinajstić information content (AvgIpc) is 2.38. The van der Waals surface area contributed by atoms with Gasteiger partial charge in [-0.05, 0) is 46.3 Å². The van der Waals surface area contributed by atoms with Crippen molar-refractivity contribution in [2.45, 2.75) is 59.4 Å². The molecule has 0 spiro atoms. The van der Waals surface area contributed by atoms with Gasteiger partial charge in [-0.15, -0.1) is 0 Å². The lowest BCUT2D eigenvalue weighted by atomic mass is 9.95. The highest BCUT2D eigenvalue weighted by Gasteiger charge is 2.30. The van der Waals surface area contributed by atoms with Crippen molar-refractivity contribution < 1.29 is 4.79 Å². The molecule has 0 aliphatic heterocycles. The fraction of sp³-hybridized carbons (Fsp3) is 0.933. The van der Waals surface area contributed by atoms with Crippen LogP contribution in [0.4, 0.5) is 0 Å². The van der Waals surface area contributed by atoms with E-state index in [2.05, 4.69) is 25.7 Å². The summed E-state index contributed by atoms with van der Waals surface area (Å²) in [5, 5.41) is 0. The quantitative estimate of drug-likeness (QED) is 0.662. The fourth-order valence-corrected chi connectivity index (χ4v) is 2.42. The number of nitrogens with zero attached hydrogens (tertiary/aromatic N) is 2. The van der Waals surface area contributed by atoms with E-state index in [-0.39, 0.29) is 5.91 Å². The largest absolute Gasteiger partial charge is 0.341 e. The van der Waals surface area contributed by atoms with Crippen LogP contribution in [-0.4, -0.2) is 54.0 Å². The normalized spacial score (nSPS) is 14.5. The maximum Gasteiger partial charge on any atom is 0.242 e. The number of amides is 1. The molecule has 0 bridgehead atoms. The highest BCUT2D eigenvalue weighted by Crippen LogP contribution is 2.13. The highest BCUT2D eigenvalue weighted by molar-refractivity contribution is 5.85. The predicted molar refractivity (Wildman–Crippen MR) is 82.2 cm³/mol. The molecule has 0 rings (SSSR count). The molecule has 4 heteroatoms. The summed E-state index contributed by atoms with van der Waals surface area (Å²) < 4.78 is 0. The molecule has 1 amide bonds. The second kappa shape index (κ2) is 9.32. The van der Waals surface area contributed by atoms with Gasteiger partial charge >= 0.3 is 0 Å². The molecule has 0 aromatic heterocycles. The Balaban J connectivity index is 4.30. The lowest BCUT2D eigenvalue weighted by Gasteiger charge is -2.31. The van der Waals surface area contributed by atoms with Gasteiger partial charge in [0.2, 0.25) is 5.91 Å². The van der Waals surface area contributed by atoms with E-state index in [1.807, 2.05) is 18.7 Å². The van der Waals surface area contributed by atoms with Crippen molar-refractivity contribution in [2.75, 3.05) is 32.7 Å². The summed E-state index contributed by atoms with van der Waals surface area (Å²) in [5.41, 5.74) is 5.42. The molecular formula is C15H33N3O. The second-order valence-corrected chi connectivity index (χ2v) is 5.43. The molecule has 1 atom stereocenters.